The fourth-order valence-electron chi connectivity index (χ4n) is 2.84. The quantitative estimate of drug-likeness (QED) is 0.870. The first-order valence-corrected chi connectivity index (χ1v) is 7.83. The minimum atomic E-state index is 0.318. The molecule has 0 bridgehead atoms. The van der Waals surface area contributed by atoms with Gasteiger partial charge in [0, 0.05) is 18.6 Å². The number of nitrogen functional groups attached to an aromatic ring is 1. The van der Waals surface area contributed by atoms with E-state index in [1.165, 1.54) is 32.4 Å². The molecule has 0 aliphatic carbocycles. The molecule has 1 aliphatic heterocycles. The van der Waals surface area contributed by atoms with E-state index in [1.54, 1.807) is 0 Å². The zero-order chi connectivity index (χ0) is 14.7. The summed E-state index contributed by atoms with van der Waals surface area (Å²) in [5.74, 6) is 0.973. The number of aromatic nitrogens is 2. The van der Waals surface area contributed by atoms with E-state index in [9.17, 15) is 0 Å². The average Bonchev–Trinajstić information content (AvgIpc) is 2.73. The molecule has 1 atom stereocenters. The van der Waals surface area contributed by atoms with E-state index in [0.29, 0.717) is 12.1 Å². The van der Waals surface area contributed by atoms with Crippen LogP contribution in [0.4, 0.5) is 11.5 Å². The average molecular weight is 279 g/mol. The molecule has 0 radical (unpaired) electrons. The molecule has 114 valence electrons. The first kappa shape index (κ1) is 15.2. The number of likely N-dealkylation sites (tertiary alicyclic amines) is 1. The van der Waals surface area contributed by atoms with E-state index >= 15 is 0 Å². The van der Waals surface area contributed by atoms with E-state index in [4.69, 9.17) is 5.73 Å². The van der Waals surface area contributed by atoms with Crippen molar-refractivity contribution in [3.05, 3.63) is 5.69 Å². The van der Waals surface area contributed by atoms with E-state index in [1.807, 2.05) is 11.6 Å². The molecule has 5 nitrogen and oxygen atoms in total. The van der Waals surface area contributed by atoms with Gasteiger partial charge in [0.25, 0.3) is 0 Å². The van der Waals surface area contributed by atoms with Gasteiger partial charge < -0.3 is 11.1 Å². The number of nitrogens with two attached hydrogens (primary N) is 1. The number of hydrogen-bond acceptors (Lipinski definition) is 4. The molecule has 1 fully saturated rings. The summed E-state index contributed by atoms with van der Waals surface area (Å²) in [4.78, 5) is 2.57. The lowest BCUT2D eigenvalue weighted by Crippen LogP contribution is -2.41. The normalized spacial score (nSPS) is 18.4. The van der Waals surface area contributed by atoms with E-state index in [-0.39, 0.29) is 0 Å². The second-order valence-corrected chi connectivity index (χ2v) is 6.21. The van der Waals surface area contributed by atoms with Crippen molar-refractivity contribution in [3.8, 4) is 0 Å². The van der Waals surface area contributed by atoms with Crippen molar-refractivity contribution in [3.63, 3.8) is 0 Å². The van der Waals surface area contributed by atoms with Gasteiger partial charge >= 0.3 is 0 Å². The lowest BCUT2D eigenvalue weighted by Gasteiger charge is -2.32. The Morgan fingerprint density at radius 1 is 1.20 bits per heavy atom. The number of nitrogens with zero attached hydrogens (tertiary/aromatic N) is 3. The summed E-state index contributed by atoms with van der Waals surface area (Å²) in [5, 5.41) is 8.03. The largest absolute Gasteiger partial charge is 0.394 e. The van der Waals surface area contributed by atoms with Crippen molar-refractivity contribution >= 4 is 11.5 Å². The predicted molar refractivity (Wildman–Crippen MR) is 85.1 cm³/mol. The van der Waals surface area contributed by atoms with Crippen LogP contribution >= 0.6 is 0 Å². The number of aryl methyl sites for hydroxylation is 1. The van der Waals surface area contributed by atoms with Gasteiger partial charge in [0.1, 0.15) is 5.82 Å². The van der Waals surface area contributed by atoms with Crippen molar-refractivity contribution in [2.24, 2.45) is 0 Å². The van der Waals surface area contributed by atoms with Gasteiger partial charge in [-0.15, -0.1) is 0 Å². The maximum atomic E-state index is 6.15. The Labute approximate surface area is 122 Å². The zero-order valence-electron chi connectivity index (χ0n) is 13.3. The number of piperidine rings is 1. The van der Waals surface area contributed by atoms with Crippen molar-refractivity contribution in [2.75, 3.05) is 30.7 Å². The Hall–Kier alpha value is -1.23. The molecule has 2 rings (SSSR count). The molecule has 1 aromatic heterocycles. The third kappa shape index (κ3) is 3.26. The monoisotopic (exact) mass is 279 g/mol. The van der Waals surface area contributed by atoms with E-state index in [0.717, 1.165) is 23.7 Å². The highest BCUT2D eigenvalue weighted by Crippen LogP contribution is 2.25. The van der Waals surface area contributed by atoms with E-state index < -0.39 is 0 Å². The molecule has 1 saturated heterocycles. The summed E-state index contributed by atoms with van der Waals surface area (Å²) >= 11 is 0. The summed E-state index contributed by atoms with van der Waals surface area (Å²) in [6, 6.07) is 0.851. The molecule has 0 saturated carbocycles. The fourth-order valence-corrected chi connectivity index (χ4v) is 2.84. The third-order valence-electron chi connectivity index (χ3n) is 4.20. The molecule has 0 spiro atoms. The Morgan fingerprint density at radius 2 is 1.85 bits per heavy atom. The van der Waals surface area contributed by atoms with Crippen molar-refractivity contribution < 1.29 is 0 Å². The van der Waals surface area contributed by atoms with Gasteiger partial charge in [-0.25, -0.2) is 4.68 Å². The van der Waals surface area contributed by atoms with Gasteiger partial charge in [0.2, 0.25) is 0 Å². The topological polar surface area (TPSA) is 59.1 Å². The minimum absolute atomic E-state index is 0.318. The van der Waals surface area contributed by atoms with Crippen LogP contribution in [-0.2, 0) is 0 Å². The molecule has 0 amide bonds. The molecular formula is C15H29N5. The van der Waals surface area contributed by atoms with Gasteiger partial charge in [-0.2, -0.15) is 5.10 Å². The van der Waals surface area contributed by atoms with Gasteiger partial charge in [0.05, 0.1) is 11.4 Å². The van der Waals surface area contributed by atoms with Crippen molar-refractivity contribution in [1.29, 1.82) is 0 Å². The van der Waals surface area contributed by atoms with Gasteiger partial charge in [0.15, 0.2) is 0 Å². The fraction of sp³-hybridized carbons (Fsp3) is 0.800. The van der Waals surface area contributed by atoms with Crippen LogP contribution in [0.15, 0.2) is 0 Å². The van der Waals surface area contributed by atoms with Crippen LogP contribution in [0.2, 0.25) is 0 Å². The van der Waals surface area contributed by atoms with Gasteiger partial charge in [-0.05, 0) is 53.6 Å². The van der Waals surface area contributed by atoms with Gasteiger partial charge in [-0.3, -0.25) is 4.90 Å². The molecule has 5 heteroatoms. The van der Waals surface area contributed by atoms with E-state index in [2.05, 4.69) is 36.1 Å². The molecular weight excluding hydrogens is 250 g/mol. The maximum absolute atomic E-state index is 6.15. The van der Waals surface area contributed by atoms with Crippen LogP contribution in [0.5, 0.6) is 0 Å². The molecule has 1 aliphatic rings. The number of nitrogens with one attached hydrogen (secondary N) is 1. The third-order valence-corrected chi connectivity index (χ3v) is 4.20. The molecule has 3 N–H and O–H groups in total. The molecule has 0 aromatic carbocycles. The standard InChI is InChI=1S/C15H29N5/c1-11(2)20-15(14(16)13(4)18-20)17-10-12(3)19-8-6-5-7-9-19/h11-12,17H,5-10,16H2,1-4H3. The summed E-state index contributed by atoms with van der Waals surface area (Å²) in [6.45, 7) is 11.9. The summed E-state index contributed by atoms with van der Waals surface area (Å²) in [6.07, 6.45) is 4.04. The lowest BCUT2D eigenvalue weighted by atomic mass is 10.1. The molecule has 2 heterocycles. The Morgan fingerprint density at radius 3 is 2.45 bits per heavy atom. The number of anilines is 2. The second-order valence-electron chi connectivity index (χ2n) is 6.21. The maximum Gasteiger partial charge on any atom is 0.148 e. The van der Waals surface area contributed by atoms with Crippen LogP contribution < -0.4 is 11.1 Å². The van der Waals surface area contributed by atoms with Crippen molar-refractivity contribution in [1.82, 2.24) is 14.7 Å². The Bertz CT molecular complexity index is 432. The lowest BCUT2D eigenvalue weighted by molar-refractivity contribution is 0.180. The van der Waals surface area contributed by atoms with Crippen molar-refractivity contribution in [2.45, 2.75) is 59.0 Å². The summed E-state index contributed by atoms with van der Waals surface area (Å²) in [5.41, 5.74) is 7.84. The van der Waals surface area contributed by atoms with Crippen LogP contribution in [-0.4, -0.2) is 40.4 Å². The highest BCUT2D eigenvalue weighted by atomic mass is 15.4. The smallest absolute Gasteiger partial charge is 0.148 e. The van der Waals surface area contributed by atoms with Crippen LogP contribution in [0.3, 0.4) is 0 Å². The Balaban J connectivity index is 1.99. The summed E-state index contributed by atoms with van der Waals surface area (Å²) in [7, 11) is 0. The van der Waals surface area contributed by atoms with Crippen LogP contribution in [0.25, 0.3) is 0 Å². The zero-order valence-corrected chi connectivity index (χ0v) is 13.3. The minimum Gasteiger partial charge on any atom is -0.394 e. The van der Waals surface area contributed by atoms with Crippen LogP contribution in [0.1, 0.15) is 51.8 Å². The molecule has 1 unspecified atom stereocenters. The number of hydrogen-bond donors (Lipinski definition) is 2. The number of rotatable bonds is 5. The first-order valence-electron chi connectivity index (χ1n) is 7.83. The summed E-state index contributed by atoms with van der Waals surface area (Å²) < 4.78 is 1.99. The second kappa shape index (κ2) is 6.48. The first-order chi connectivity index (χ1) is 9.50. The molecule has 20 heavy (non-hydrogen) atoms. The highest BCUT2D eigenvalue weighted by molar-refractivity contribution is 5.64. The molecule has 1 aromatic rings. The predicted octanol–water partition coefficient (Wildman–Crippen LogP) is 2.64. The highest BCUT2D eigenvalue weighted by Gasteiger charge is 2.19. The van der Waals surface area contributed by atoms with Crippen LogP contribution in [0, 0.1) is 6.92 Å². The van der Waals surface area contributed by atoms with Gasteiger partial charge in [-0.1, -0.05) is 6.42 Å². The SMILES string of the molecule is Cc1nn(C(C)C)c(NCC(C)N2CCCCC2)c1N. The Kier molecular flexibility index (Phi) is 4.91.